The Kier molecular flexibility index (Phi) is 9.47. The topological polar surface area (TPSA) is 21.7 Å². The third-order valence-electron chi connectivity index (χ3n) is 16.8. The molecule has 0 atom stereocenters. The van der Waals surface area contributed by atoms with Crippen LogP contribution >= 0.6 is 0 Å². The van der Waals surface area contributed by atoms with E-state index in [2.05, 4.69) is 290 Å². The first-order chi connectivity index (χ1) is 38.2. The van der Waals surface area contributed by atoms with Gasteiger partial charge in [0.25, 0.3) is 0 Å². The van der Waals surface area contributed by atoms with E-state index in [1.54, 1.807) is 0 Å². The summed E-state index contributed by atoms with van der Waals surface area (Å²) in [5, 5.41) is 0. The molecule has 0 unspecified atom stereocenters. The van der Waals surface area contributed by atoms with Crippen molar-refractivity contribution >= 4 is 17.1 Å². The third kappa shape index (κ3) is 6.20. The first-order valence-corrected chi connectivity index (χ1v) is 26.6. The van der Waals surface area contributed by atoms with E-state index in [1.165, 1.54) is 55.6 Å². The van der Waals surface area contributed by atoms with Crippen molar-refractivity contribution in [2.45, 2.75) is 10.8 Å². The van der Waals surface area contributed by atoms with Gasteiger partial charge in [-0.05, 0) is 139 Å². The van der Waals surface area contributed by atoms with E-state index in [4.69, 9.17) is 9.47 Å². The van der Waals surface area contributed by atoms with E-state index in [-0.39, 0.29) is 0 Å². The van der Waals surface area contributed by atoms with Crippen LogP contribution in [-0.4, -0.2) is 0 Å². The molecule has 0 amide bonds. The Bertz CT molecular complexity index is 4250. The molecule has 2 heterocycles. The molecule has 3 nitrogen and oxygen atoms in total. The van der Waals surface area contributed by atoms with Gasteiger partial charge in [-0.25, -0.2) is 0 Å². The second-order valence-corrected chi connectivity index (χ2v) is 20.6. The van der Waals surface area contributed by atoms with E-state index in [1.807, 2.05) is 0 Å². The molecule has 16 rings (SSSR count). The lowest BCUT2D eigenvalue weighted by Crippen LogP contribution is -2.32. The van der Waals surface area contributed by atoms with Crippen LogP contribution in [0.3, 0.4) is 0 Å². The van der Waals surface area contributed by atoms with Crippen LogP contribution in [0.4, 0.5) is 17.1 Å². The first kappa shape index (κ1) is 43.4. The molecule has 0 N–H and O–H groups in total. The van der Waals surface area contributed by atoms with E-state index < -0.39 is 10.8 Å². The fraction of sp³-hybridized carbons (Fsp3) is 0.0270. The van der Waals surface area contributed by atoms with Gasteiger partial charge in [0.1, 0.15) is 23.0 Å². The Labute approximate surface area is 448 Å². The predicted molar refractivity (Wildman–Crippen MR) is 312 cm³/mol. The van der Waals surface area contributed by atoms with Gasteiger partial charge in [-0.15, -0.1) is 0 Å². The largest absolute Gasteiger partial charge is 0.457 e. The number of hydrogen-bond donors (Lipinski definition) is 0. The highest BCUT2D eigenvalue weighted by atomic mass is 16.5. The number of anilines is 3. The molecule has 0 saturated carbocycles. The van der Waals surface area contributed by atoms with Crippen molar-refractivity contribution in [3.8, 4) is 78.6 Å². The monoisotopic (exact) mass is 981 g/mol. The summed E-state index contributed by atoms with van der Waals surface area (Å²) in [6, 6.07) is 104. The van der Waals surface area contributed by atoms with Crippen LogP contribution in [0.2, 0.25) is 0 Å². The molecule has 0 radical (unpaired) electrons. The van der Waals surface area contributed by atoms with Crippen LogP contribution in [0.5, 0.6) is 23.0 Å². The highest BCUT2D eigenvalue weighted by Gasteiger charge is 2.52. The second kappa shape index (κ2) is 16.8. The minimum absolute atomic E-state index is 0.544. The van der Waals surface area contributed by atoms with E-state index in [0.717, 1.165) is 84.6 Å². The molecule has 0 aromatic heterocycles. The first-order valence-electron chi connectivity index (χ1n) is 26.6. The summed E-state index contributed by atoms with van der Waals surface area (Å²) in [5.41, 5.74) is 23.7. The fourth-order valence-corrected chi connectivity index (χ4v) is 13.6. The molecule has 0 bridgehead atoms. The molecule has 0 fully saturated rings. The maximum Gasteiger partial charge on any atom is 0.132 e. The quantitative estimate of drug-likeness (QED) is 0.166. The van der Waals surface area contributed by atoms with Gasteiger partial charge in [0.2, 0.25) is 0 Å². The highest BCUT2D eigenvalue weighted by Crippen LogP contribution is 2.64. The van der Waals surface area contributed by atoms with Crippen molar-refractivity contribution in [3.63, 3.8) is 0 Å². The zero-order valence-electron chi connectivity index (χ0n) is 41.9. The molecule has 2 aliphatic carbocycles. The number of para-hydroxylation sites is 5. The maximum absolute atomic E-state index is 6.70. The van der Waals surface area contributed by atoms with Gasteiger partial charge < -0.3 is 14.4 Å². The fourth-order valence-electron chi connectivity index (χ4n) is 13.6. The molecule has 2 spiro atoms. The number of benzene rings is 12. The van der Waals surface area contributed by atoms with Gasteiger partial charge in [0, 0.05) is 39.2 Å². The Morgan fingerprint density at radius 2 is 0.545 bits per heavy atom. The average Bonchev–Trinajstić information content (AvgIpc) is 4.12. The van der Waals surface area contributed by atoms with E-state index in [0.29, 0.717) is 0 Å². The average molecular weight is 982 g/mol. The van der Waals surface area contributed by atoms with Crippen molar-refractivity contribution in [3.05, 3.63) is 330 Å². The molecule has 360 valence electrons. The van der Waals surface area contributed by atoms with Gasteiger partial charge >= 0.3 is 0 Å². The number of hydrogen-bond acceptors (Lipinski definition) is 3. The lowest BCUT2D eigenvalue weighted by Gasteiger charge is -2.39. The predicted octanol–water partition coefficient (Wildman–Crippen LogP) is 19.1. The molecule has 3 heteroatoms. The van der Waals surface area contributed by atoms with Crippen molar-refractivity contribution in [1.82, 2.24) is 0 Å². The highest BCUT2D eigenvalue weighted by molar-refractivity contribution is 5.95. The standard InChI is InChI=1S/C74H47NO2/c1-2-18-48(19-3-1)49-34-40-53(41-35-49)75(54-42-36-50(37-43-54)51-38-44-58-56-21-4-7-23-60(56)73(66(58)46-51)62-25-9-14-30-69(62)76-70-31-15-10-26-63(70)73)68-29-13-6-20-55(68)52-39-45-59-57-22-5-8-24-61(57)74(67(59)47-52)64-27-11-16-32-71(64)77-72-33-17-12-28-65(72)74/h1-47H. The molecule has 12 aromatic carbocycles. The molecule has 77 heavy (non-hydrogen) atoms. The van der Waals surface area contributed by atoms with E-state index >= 15 is 0 Å². The summed E-state index contributed by atoms with van der Waals surface area (Å²) in [4.78, 5) is 2.43. The number of rotatable bonds is 6. The van der Waals surface area contributed by atoms with Crippen molar-refractivity contribution in [2.24, 2.45) is 0 Å². The Hall–Kier alpha value is -9.96. The normalized spacial score (nSPS) is 13.9. The van der Waals surface area contributed by atoms with Crippen LogP contribution in [0.25, 0.3) is 55.6 Å². The summed E-state index contributed by atoms with van der Waals surface area (Å²) in [5.74, 6) is 3.56. The zero-order chi connectivity index (χ0) is 50.7. The van der Waals surface area contributed by atoms with Crippen molar-refractivity contribution in [2.75, 3.05) is 4.90 Å². The lowest BCUT2D eigenvalue weighted by molar-refractivity contribution is 0.436. The summed E-state index contributed by atoms with van der Waals surface area (Å²) < 4.78 is 13.4. The third-order valence-corrected chi connectivity index (χ3v) is 16.8. The van der Waals surface area contributed by atoms with E-state index in [9.17, 15) is 0 Å². The molecular weight excluding hydrogens is 935 g/mol. The van der Waals surface area contributed by atoms with Gasteiger partial charge in [0.05, 0.1) is 16.5 Å². The number of ether oxygens (including phenoxy) is 2. The van der Waals surface area contributed by atoms with Gasteiger partial charge in [-0.2, -0.15) is 0 Å². The Balaban J connectivity index is 0.853. The van der Waals surface area contributed by atoms with Gasteiger partial charge in [-0.3, -0.25) is 0 Å². The van der Waals surface area contributed by atoms with Crippen LogP contribution in [0.15, 0.2) is 285 Å². The summed E-state index contributed by atoms with van der Waals surface area (Å²) >= 11 is 0. The minimum Gasteiger partial charge on any atom is -0.457 e. The number of fused-ring (bicyclic) bond motifs is 18. The molecule has 12 aromatic rings. The van der Waals surface area contributed by atoms with Crippen molar-refractivity contribution in [1.29, 1.82) is 0 Å². The minimum atomic E-state index is -0.581. The SMILES string of the molecule is c1ccc(-c2ccc(N(c3ccc(-c4ccc5c(c4)C4(c6ccccc6Oc6ccccc64)c4ccccc4-5)cc3)c3ccccc3-c3ccc4c(c3)C3(c5ccccc5Oc5ccccc53)c3ccccc3-4)cc2)cc1. The summed E-state index contributed by atoms with van der Waals surface area (Å²) in [7, 11) is 0. The summed E-state index contributed by atoms with van der Waals surface area (Å²) in [6.45, 7) is 0. The maximum atomic E-state index is 6.70. The number of nitrogens with zero attached hydrogens (tertiary/aromatic N) is 1. The van der Waals surface area contributed by atoms with Gasteiger partial charge in [0.15, 0.2) is 0 Å². The molecule has 0 saturated heterocycles. The molecule has 4 aliphatic rings. The smallest absolute Gasteiger partial charge is 0.132 e. The lowest BCUT2D eigenvalue weighted by atomic mass is 9.66. The van der Waals surface area contributed by atoms with Crippen molar-refractivity contribution < 1.29 is 9.47 Å². The zero-order valence-corrected chi connectivity index (χ0v) is 41.9. The van der Waals surface area contributed by atoms with Crippen LogP contribution in [-0.2, 0) is 10.8 Å². The second-order valence-electron chi connectivity index (χ2n) is 20.6. The van der Waals surface area contributed by atoms with Crippen LogP contribution in [0.1, 0.15) is 44.5 Å². The molecular formula is C74H47NO2. The Morgan fingerprint density at radius 1 is 0.221 bits per heavy atom. The molecule has 2 aliphatic heterocycles. The van der Waals surface area contributed by atoms with Crippen LogP contribution < -0.4 is 14.4 Å². The Morgan fingerprint density at radius 3 is 1.03 bits per heavy atom. The van der Waals surface area contributed by atoms with Crippen LogP contribution in [0, 0.1) is 0 Å². The van der Waals surface area contributed by atoms with Gasteiger partial charge in [-0.1, -0.05) is 218 Å². The summed E-state index contributed by atoms with van der Waals surface area (Å²) in [6.07, 6.45) is 0.